The second-order valence-electron chi connectivity index (χ2n) is 6.09. The Kier molecular flexibility index (Phi) is 5.31. The second kappa shape index (κ2) is 7.26. The number of benzene rings is 1. The third kappa shape index (κ3) is 4.10. The zero-order valence-electron chi connectivity index (χ0n) is 12.7. The molecule has 0 aromatic heterocycles. The molecule has 0 unspecified atom stereocenters. The van der Waals surface area contributed by atoms with Gasteiger partial charge >= 0.3 is 0 Å². The van der Waals surface area contributed by atoms with Gasteiger partial charge in [0.15, 0.2) is 0 Å². The molecule has 2 aliphatic heterocycles. The van der Waals surface area contributed by atoms with Crippen molar-refractivity contribution in [2.75, 3.05) is 19.6 Å². The Morgan fingerprint density at radius 3 is 2.87 bits per heavy atom. The van der Waals surface area contributed by atoms with Gasteiger partial charge in [-0.05, 0) is 31.4 Å². The molecule has 0 saturated carbocycles. The summed E-state index contributed by atoms with van der Waals surface area (Å²) in [6, 6.07) is 4.90. The van der Waals surface area contributed by atoms with E-state index in [1.807, 2.05) is 4.90 Å². The predicted molar refractivity (Wildman–Crippen MR) is 89.1 cm³/mol. The molecule has 0 aliphatic carbocycles. The molecule has 2 N–H and O–H groups in total. The minimum Gasteiger partial charge on any atom is -0.489 e. The molecule has 0 bridgehead atoms. The number of β-amino-alcohol motifs (C(OH)–C–C–N with tert-alkyl or cyclic N) is 1. The summed E-state index contributed by atoms with van der Waals surface area (Å²) in [4.78, 5) is 14.3. The first kappa shape index (κ1) is 16.8. The summed E-state index contributed by atoms with van der Waals surface area (Å²) in [6.07, 6.45) is 1.78. The summed E-state index contributed by atoms with van der Waals surface area (Å²) in [6.45, 7) is 1.76. The SMILES string of the molecule is O=C([C@@H]1C[C@H](O)CN1)N1CCC[C@H](Oc2ccc(Cl)c(Cl)c2)C1. The molecule has 5 nitrogen and oxygen atoms in total. The Hall–Kier alpha value is -1.01. The van der Waals surface area contributed by atoms with E-state index in [2.05, 4.69) is 5.32 Å². The Morgan fingerprint density at radius 2 is 2.17 bits per heavy atom. The van der Waals surface area contributed by atoms with Gasteiger partial charge in [0.05, 0.1) is 28.7 Å². The molecule has 2 aliphatic rings. The monoisotopic (exact) mass is 358 g/mol. The van der Waals surface area contributed by atoms with Gasteiger partial charge in [-0.1, -0.05) is 23.2 Å². The molecule has 3 rings (SSSR count). The Bertz CT molecular complexity index is 584. The zero-order valence-corrected chi connectivity index (χ0v) is 14.2. The number of carbonyl (C=O) groups excluding carboxylic acids is 1. The lowest BCUT2D eigenvalue weighted by atomic mass is 10.1. The molecular formula is C16H20Cl2N2O3. The number of ether oxygens (including phenoxy) is 1. The van der Waals surface area contributed by atoms with Gasteiger partial charge in [-0.25, -0.2) is 0 Å². The highest BCUT2D eigenvalue weighted by atomic mass is 35.5. The summed E-state index contributed by atoms with van der Waals surface area (Å²) in [5, 5.41) is 13.6. The van der Waals surface area contributed by atoms with Crippen LogP contribution in [0.1, 0.15) is 19.3 Å². The van der Waals surface area contributed by atoms with Crippen LogP contribution in [0.3, 0.4) is 0 Å². The van der Waals surface area contributed by atoms with Crippen LogP contribution in [0.5, 0.6) is 5.75 Å². The van der Waals surface area contributed by atoms with Crippen LogP contribution in [0.2, 0.25) is 10.0 Å². The van der Waals surface area contributed by atoms with Crippen LogP contribution in [-0.2, 0) is 4.79 Å². The maximum absolute atomic E-state index is 12.5. The number of hydrogen-bond acceptors (Lipinski definition) is 4. The van der Waals surface area contributed by atoms with E-state index in [1.54, 1.807) is 18.2 Å². The highest BCUT2D eigenvalue weighted by Gasteiger charge is 2.34. The van der Waals surface area contributed by atoms with Crippen LogP contribution >= 0.6 is 23.2 Å². The first-order chi connectivity index (χ1) is 11.0. The average Bonchev–Trinajstić information content (AvgIpc) is 2.97. The van der Waals surface area contributed by atoms with Crippen molar-refractivity contribution in [2.45, 2.75) is 37.5 Å². The maximum Gasteiger partial charge on any atom is 0.239 e. The molecule has 2 saturated heterocycles. The van der Waals surface area contributed by atoms with Crippen molar-refractivity contribution >= 4 is 29.1 Å². The van der Waals surface area contributed by atoms with E-state index in [0.717, 1.165) is 19.4 Å². The topological polar surface area (TPSA) is 61.8 Å². The summed E-state index contributed by atoms with van der Waals surface area (Å²) >= 11 is 11.9. The van der Waals surface area contributed by atoms with Crippen molar-refractivity contribution in [3.8, 4) is 5.75 Å². The Balaban J connectivity index is 1.59. The van der Waals surface area contributed by atoms with Gasteiger partial charge in [-0.15, -0.1) is 0 Å². The third-order valence-corrected chi connectivity index (χ3v) is 5.03. The number of likely N-dealkylation sites (tertiary alicyclic amines) is 1. The van der Waals surface area contributed by atoms with Gasteiger partial charge in [-0.2, -0.15) is 0 Å². The standard InChI is InChI=1S/C16H20Cl2N2O3/c17-13-4-3-11(7-14(13)18)23-12-2-1-5-20(9-12)16(22)15-6-10(21)8-19-15/h3-4,7,10,12,15,19,21H,1-2,5-6,8-9H2/t10-,12-,15-/m0/s1. The number of aliphatic hydroxyl groups excluding tert-OH is 1. The van der Waals surface area contributed by atoms with E-state index in [9.17, 15) is 9.90 Å². The van der Waals surface area contributed by atoms with Crippen LogP contribution in [0.25, 0.3) is 0 Å². The molecule has 23 heavy (non-hydrogen) atoms. The predicted octanol–water partition coefficient (Wildman–Crippen LogP) is 2.09. The molecule has 3 atom stereocenters. The molecule has 1 amide bonds. The van der Waals surface area contributed by atoms with Gasteiger partial charge in [0.2, 0.25) is 5.91 Å². The number of piperidine rings is 1. The summed E-state index contributed by atoms with van der Waals surface area (Å²) < 4.78 is 5.95. The fourth-order valence-corrected chi connectivity index (χ4v) is 3.39. The van der Waals surface area contributed by atoms with Gasteiger partial charge in [0.25, 0.3) is 0 Å². The number of halogens is 2. The highest BCUT2D eigenvalue weighted by molar-refractivity contribution is 6.42. The fraction of sp³-hybridized carbons (Fsp3) is 0.562. The van der Waals surface area contributed by atoms with Gasteiger partial charge < -0.3 is 20.1 Å². The minimum atomic E-state index is -0.433. The molecular weight excluding hydrogens is 339 g/mol. The number of hydrogen-bond donors (Lipinski definition) is 2. The van der Waals surface area contributed by atoms with Gasteiger partial charge in [0, 0.05) is 19.2 Å². The molecule has 0 spiro atoms. The van der Waals surface area contributed by atoms with E-state index >= 15 is 0 Å². The molecule has 2 fully saturated rings. The van der Waals surface area contributed by atoms with E-state index in [4.69, 9.17) is 27.9 Å². The number of nitrogens with zero attached hydrogens (tertiary/aromatic N) is 1. The van der Waals surface area contributed by atoms with E-state index in [0.29, 0.717) is 35.3 Å². The molecule has 1 aromatic carbocycles. The lowest BCUT2D eigenvalue weighted by Crippen LogP contribution is -2.50. The molecule has 7 heteroatoms. The van der Waals surface area contributed by atoms with E-state index in [-0.39, 0.29) is 18.1 Å². The number of nitrogens with one attached hydrogen (secondary N) is 1. The zero-order chi connectivity index (χ0) is 16.4. The van der Waals surface area contributed by atoms with Crippen LogP contribution < -0.4 is 10.1 Å². The van der Waals surface area contributed by atoms with Crippen LogP contribution in [0.4, 0.5) is 0 Å². The van der Waals surface area contributed by atoms with Crippen molar-refractivity contribution in [1.82, 2.24) is 10.2 Å². The second-order valence-corrected chi connectivity index (χ2v) is 6.91. The minimum absolute atomic E-state index is 0.0454. The fourth-order valence-electron chi connectivity index (χ4n) is 3.10. The number of rotatable bonds is 3. The van der Waals surface area contributed by atoms with Gasteiger partial charge in [-0.3, -0.25) is 4.79 Å². The van der Waals surface area contributed by atoms with Gasteiger partial charge in [0.1, 0.15) is 11.9 Å². The van der Waals surface area contributed by atoms with Crippen molar-refractivity contribution in [1.29, 1.82) is 0 Å². The third-order valence-electron chi connectivity index (χ3n) is 4.29. The number of carbonyl (C=O) groups is 1. The van der Waals surface area contributed by atoms with Crippen molar-refractivity contribution < 1.29 is 14.6 Å². The molecule has 0 radical (unpaired) electrons. The largest absolute Gasteiger partial charge is 0.489 e. The van der Waals surface area contributed by atoms with Crippen molar-refractivity contribution in [2.24, 2.45) is 0 Å². The Labute approximate surface area is 145 Å². The van der Waals surface area contributed by atoms with E-state index < -0.39 is 6.10 Å². The lowest BCUT2D eigenvalue weighted by molar-refractivity contribution is -0.135. The highest BCUT2D eigenvalue weighted by Crippen LogP contribution is 2.28. The molecule has 126 valence electrons. The summed E-state index contributed by atoms with van der Waals surface area (Å²) in [5.74, 6) is 0.706. The number of amides is 1. The smallest absolute Gasteiger partial charge is 0.239 e. The average molecular weight is 359 g/mol. The number of aliphatic hydroxyl groups is 1. The Morgan fingerprint density at radius 1 is 1.35 bits per heavy atom. The van der Waals surface area contributed by atoms with Crippen LogP contribution in [0, 0.1) is 0 Å². The first-order valence-electron chi connectivity index (χ1n) is 7.85. The van der Waals surface area contributed by atoms with E-state index in [1.165, 1.54) is 0 Å². The summed E-state index contributed by atoms with van der Waals surface area (Å²) in [5.41, 5.74) is 0. The molecule has 2 heterocycles. The van der Waals surface area contributed by atoms with Crippen LogP contribution in [-0.4, -0.2) is 53.8 Å². The lowest BCUT2D eigenvalue weighted by Gasteiger charge is -2.34. The first-order valence-corrected chi connectivity index (χ1v) is 8.60. The van der Waals surface area contributed by atoms with Crippen LogP contribution in [0.15, 0.2) is 18.2 Å². The maximum atomic E-state index is 12.5. The van der Waals surface area contributed by atoms with Crippen molar-refractivity contribution in [3.63, 3.8) is 0 Å². The van der Waals surface area contributed by atoms with Crippen molar-refractivity contribution in [3.05, 3.63) is 28.2 Å². The normalized spacial score (nSPS) is 28.0. The molecule has 1 aromatic rings. The summed E-state index contributed by atoms with van der Waals surface area (Å²) in [7, 11) is 0. The quantitative estimate of drug-likeness (QED) is 0.868.